The zero-order valence-corrected chi connectivity index (χ0v) is 16.7. The number of fused-ring (bicyclic) bond motifs is 1. The number of hydrogen-bond acceptors (Lipinski definition) is 7. The van der Waals surface area contributed by atoms with Crippen molar-refractivity contribution in [2.45, 2.75) is 38.6 Å². The van der Waals surface area contributed by atoms with E-state index in [-0.39, 0.29) is 6.04 Å². The molecule has 4 rings (SSSR count). The van der Waals surface area contributed by atoms with E-state index >= 15 is 0 Å². The average molecular weight is 401 g/mol. The number of hydrogen-bond donors (Lipinski definition) is 2. The second kappa shape index (κ2) is 8.53. The number of guanidine groups is 1. The van der Waals surface area contributed by atoms with Crippen molar-refractivity contribution in [1.82, 2.24) is 30.4 Å². The summed E-state index contributed by atoms with van der Waals surface area (Å²) in [6.07, 6.45) is 3.52. The average Bonchev–Trinajstić information content (AvgIpc) is 3.44. The van der Waals surface area contributed by atoms with E-state index in [1.807, 2.05) is 22.2 Å². The molecule has 10 heteroatoms. The maximum atomic E-state index is 5.56. The number of thiophene rings is 1. The van der Waals surface area contributed by atoms with Crippen LogP contribution in [0.15, 0.2) is 33.2 Å². The van der Waals surface area contributed by atoms with E-state index in [9.17, 15) is 0 Å². The van der Waals surface area contributed by atoms with Crippen LogP contribution in [0.3, 0.4) is 0 Å². The Balaban J connectivity index is 1.31. The summed E-state index contributed by atoms with van der Waals surface area (Å²) >= 11 is 1.61. The van der Waals surface area contributed by atoms with Crippen molar-refractivity contribution in [3.63, 3.8) is 0 Å². The van der Waals surface area contributed by atoms with E-state index in [1.165, 1.54) is 0 Å². The topological polar surface area (TPSA) is 102 Å². The summed E-state index contributed by atoms with van der Waals surface area (Å²) in [5.41, 5.74) is 0.831. The summed E-state index contributed by atoms with van der Waals surface area (Å²) in [7, 11) is 3.41. The van der Waals surface area contributed by atoms with E-state index in [4.69, 9.17) is 9.15 Å². The van der Waals surface area contributed by atoms with Crippen molar-refractivity contribution in [3.05, 3.63) is 41.1 Å². The Morgan fingerprint density at radius 1 is 1.46 bits per heavy atom. The van der Waals surface area contributed by atoms with Crippen LogP contribution in [0.2, 0.25) is 0 Å². The maximum Gasteiger partial charge on any atom is 0.236 e. The van der Waals surface area contributed by atoms with Crippen LogP contribution in [0, 0.1) is 0 Å². The first kappa shape index (κ1) is 18.6. The highest BCUT2D eigenvalue weighted by molar-refractivity contribution is 7.13. The molecule has 0 aromatic carbocycles. The lowest BCUT2D eigenvalue weighted by molar-refractivity contribution is 0.177. The summed E-state index contributed by atoms with van der Waals surface area (Å²) in [6.45, 7) is 1.72. The lowest BCUT2D eigenvalue weighted by Gasteiger charge is -2.25. The highest BCUT2D eigenvalue weighted by Gasteiger charge is 2.22. The minimum Gasteiger partial charge on any atom is -0.443 e. The Bertz CT molecular complexity index is 932. The smallest absolute Gasteiger partial charge is 0.236 e. The van der Waals surface area contributed by atoms with Gasteiger partial charge in [-0.05, 0) is 17.9 Å². The Morgan fingerprint density at radius 3 is 3.18 bits per heavy atom. The zero-order chi connectivity index (χ0) is 19.3. The van der Waals surface area contributed by atoms with Gasteiger partial charge >= 0.3 is 0 Å². The number of aliphatic imine (C=N–C) groups is 1. The predicted molar refractivity (Wildman–Crippen MR) is 106 cm³/mol. The predicted octanol–water partition coefficient (Wildman–Crippen LogP) is 1.82. The van der Waals surface area contributed by atoms with E-state index in [1.54, 1.807) is 31.8 Å². The van der Waals surface area contributed by atoms with Crippen molar-refractivity contribution < 1.29 is 9.15 Å². The normalized spacial score (nSPS) is 16.8. The van der Waals surface area contributed by atoms with Gasteiger partial charge in [0, 0.05) is 26.6 Å². The molecule has 0 fully saturated rings. The molecule has 9 nitrogen and oxygen atoms in total. The molecule has 1 atom stereocenters. The number of nitrogens with one attached hydrogen (secondary N) is 2. The second-order valence-electron chi connectivity index (χ2n) is 6.49. The van der Waals surface area contributed by atoms with E-state index in [2.05, 4.69) is 30.7 Å². The molecule has 2 N–H and O–H groups in total. The quantitative estimate of drug-likeness (QED) is 0.480. The summed E-state index contributed by atoms with van der Waals surface area (Å²) in [5, 5.41) is 13.3. The number of oxazole rings is 1. The lowest BCUT2D eigenvalue weighted by Crippen LogP contribution is -2.46. The molecule has 0 radical (unpaired) electrons. The van der Waals surface area contributed by atoms with E-state index < -0.39 is 0 Å². The van der Waals surface area contributed by atoms with Gasteiger partial charge in [-0.3, -0.25) is 4.99 Å². The lowest BCUT2D eigenvalue weighted by atomic mass is 10.1. The fraction of sp³-hybridized carbons (Fsp3) is 0.444. The zero-order valence-electron chi connectivity index (χ0n) is 15.9. The summed E-state index contributed by atoms with van der Waals surface area (Å²) in [6, 6.07) is 4.21. The third-order valence-corrected chi connectivity index (χ3v) is 5.32. The van der Waals surface area contributed by atoms with Gasteiger partial charge in [0.15, 0.2) is 11.8 Å². The Kier molecular flexibility index (Phi) is 5.68. The molecule has 0 saturated carbocycles. The molecule has 1 aliphatic rings. The molecule has 0 saturated heterocycles. The molecule has 4 heterocycles. The molecule has 3 aromatic rings. The third-order valence-electron chi connectivity index (χ3n) is 4.46. The molecule has 0 bridgehead atoms. The monoisotopic (exact) mass is 401 g/mol. The summed E-state index contributed by atoms with van der Waals surface area (Å²) in [5.74, 6) is 3.11. The summed E-state index contributed by atoms with van der Waals surface area (Å²) < 4.78 is 12.6. The molecule has 148 valence electrons. The molecular weight excluding hydrogens is 378 g/mol. The molecule has 1 aliphatic heterocycles. The van der Waals surface area contributed by atoms with Crippen LogP contribution in [-0.2, 0) is 30.9 Å². The number of aromatic nitrogens is 4. The molecular formula is C18H23N7O2S. The van der Waals surface area contributed by atoms with Crippen molar-refractivity contribution in [3.8, 4) is 10.8 Å². The number of nitrogens with zero attached hydrogens (tertiary/aromatic N) is 5. The van der Waals surface area contributed by atoms with Gasteiger partial charge in [0.25, 0.3) is 0 Å². The maximum absolute atomic E-state index is 5.56. The van der Waals surface area contributed by atoms with Crippen molar-refractivity contribution in [2.75, 3.05) is 14.2 Å². The number of methoxy groups -OCH3 is 1. The minimum atomic E-state index is 0.231. The molecule has 1 unspecified atom stereocenters. The number of aryl methyl sites for hydroxylation is 1. The Labute approximate surface area is 166 Å². The highest BCUT2D eigenvalue weighted by Crippen LogP contribution is 2.23. The van der Waals surface area contributed by atoms with E-state index in [0.717, 1.165) is 47.6 Å². The first-order chi connectivity index (χ1) is 13.7. The standard InChI is InChI=1S/C18H23N7O2S/c1-19-18(20-8-13-10-27-17(21-13)14-4-3-7-28-14)22-12-5-6-16-23-15(11-26-2)24-25(16)9-12/h3-4,7,10,12H,5-6,8-9,11H2,1-2H3,(H2,19,20,22). The molecule has 0 amide bonds. The molecule has 0 spiro atoms. The first-order valence-electron chi connectivity index (χ1n) is 9.12. The minimum absolute atomic E-state index is 0.231. The fourth-order valence-corrected chi connectivity index (χ4v) is 3.79. The van der Waals surface area contributed by atoms with Crippen LogP contribution < -0.4 is 10.6 Å². The van der Waals surface area contributed by atoms with Gasteiger partial charge in [-0.1, -0.05) is 6.07 Å². The van der Waals surface area contributed by atoms with Crippen molar-refractivity contribution in [2.24, 2.45) is 4.99 Å². The SMILES string of the molecule is CN=C(NCc1coc(-c2cccs2)n1)NC1CCc2nc(COC)nn2C1. The summed E-state index contributed by atoms with van der Waals surface area (Å²) in [4.78, 5) is 14.4. The highest BCUT2D eigenvalue weighted by atomic mass is 32.1. The van der Waals surface area contributed by atoms with Gasteiger partial charge in [0.05, 0.1) is 23.7 Å². The van der Waals surface area contributed by atoms with Crippen LogP contribution in [0.1, 0.15) is 23.8 Å². The number of ether oxygens (including phenoxy) is 1. The molecule has 0 aliphatic carbocycles. The van der Waals surface area contributed by atoms with Gasteiger partial charge < -0.3 is 19.8 Å². The van der Waals surface area contributed by atoms with Gasteiger partial charge in [-0.25, -0.2) is 14.6 Å². The van der Waals surface area contributed by atoms with Crippen LogP contribution in [0.25, 0.3) is 10.8 Å². The Hall–Kier alpha value is -2.72. The van der Waals surface area contributed by atoms with Gasteiger partial charge in [0.1, 0.15) is 18.7 Å². The number of rotatable bonds is 6. The van der Waals surface area contributed by atoms with Crippen molar-refractivity contribution >= 4 is 17.3 Å². The molecule has 3 aromatic heterocycles. The fourth-order valence-electron chi connectivity index (χ4n) is 3.13. The van der Waals surface area contributed by atoms with Gasteiger partial charge in [-0.2, -0.15) is 5.10 Å². The van der Waals surface area contributed by atoms with Gasteiger partial charge in [-0.15, -0.1) is 11.3 Å². The van der Waals surface area contributed by atoms with Crippen LogP contribution in [-0.4, -0.2) is 45.9 Å². The van der Waals surface area contributed by atoms with Crippen LogP contribution >= 0.6 is 11.3 Å². The van der Waals surface area contributed by atoms with Crippen LogP contribution in [0.4, 0.5) is 0 Å². The third kappa shape index (κ3) is 4.23. The van der Waals surface area contributed by atoms with Crippen LogP contribution in [0.5, 0.6) is 0 Å². The Morgan fingerprint density at radius 2 is 2.39 bits per heavy atom. The largest absolute Gasteiger partial charge is 0.443 e. The van der Waals surface area contributed by atoms with E-state index in [0.29, 0.717) is 19.0 Å². The first-order valence-corrected chi connectivity index (χ1v) is 10.00. The van der Waals surface area contributed by atoms with Crippen molar-refractivity contribution in [1.29, 1.82) is 0 Å². The molecule has 28 heavy (non-hydrogen) atoms. The van der Waals surface area contributed by atoms with Gasteiger partial charge in [0.2, 0.25) is 5.89 Å². The second-order valence-corrected chi connectivity index (χ2v) is 7.43.